The second kappa shape index (κ2) is 6.04. The van der Waals surface area contributed by atoms with E-state index in [1.807, 2.05) is 43.3 Å². The monoisotopic (exact) mass is 284 g/mol. The van der Waals surface area contributed by atoms with Gasteiger partial charge in [-0.3, -0.25) is 15.1 Å². The minimum absolute atomic E-state index is 0.126. The molecule has 2 rings (SSSR count). The molecular formula is C15H14N3O3-. The quantitative estimate of drug-likeness (QED) is 0.490. The van der Waals surface area contributed by atoms with Crippen LogP contribution in [-0.2, 0) is 0 Å². The van der Waals surface area contributed by atoms with Crippen LogP contribution in [0.3, 0.4) is 0 Å². The molecule has 108 valence electrons. The molecule has 0 radical (unpaired) electrons. The second-order valence-corrected chi connectivity index (χ2v) is 4.65. The van der Waals surface area contributed by atoms with Gasteiger partial charge in [0.1, 0.15) is 0 Å². The molecule has 0 aliphatic carbocycles. The number of aliphatic imine (C=N–C) groups is 1. The molecule has 0 heterocycles. The van der Waals surface area contributed by atoms with Gasteiger partial charge in [-0.2, -0.15) is 0 Å². The average molecular weight is 284 g/mol. The SMILES string of the molecule is CN(C)c1ccc(N=Cc2cc([N+](=O)[O-])ccc2[O-])cc1. The van der Waals surface area contributed by atoms with E-state index >= 15 is 0 Å². The van der Waals surface area contributed by atoms with Crippen LogP contribution in [0.15, 0.2) is 47.5 Å². The van der Waals surface area contributed by atoms with Crippen molar-refractivity contribution in [3.8, 4) is 5.75 Å². The number of nitro benzene ring substituents is 1. The first-order valence-corrected chi connectivity index (χ1v) is 6.24. The first-order chi connectivity index (χ1) is 9.97. The summed E-state index contributed by atoms with van der Waals surface area (Å²) in [4.78, 5) is 16.3. The fraction of sp³-hybridized carbons (Fsp3) is 0.133. The van der Waals surface area contributed by atoms with Crippen molar-refractivity contribution in [2.24, 2.45) is 4.99 Å². The van der Waals surface area contributed by atoms with Gasteiger partial charge in [0.15, 0.2) is 0 Å². The highest BCUT2D eigenvalue weighted by Gasteiger charge is 2.05. The predicted molar refractivity (Wildman–Crippen MR) is 80.6 cm³/mol. The van der Waals surface area contributed by atoms with Gasteiger partial charge >= 0.3 is 0 Å². The summed E-state index contributed by atoms with van der Waals surface area (Å²) in [6, 6.07) is 11.0. The Kier molecular flexibility index (Phi) is 4.18. The number of rotatable bonds is 4. The summed E-state index contributed by atoms with van der Waals surface area (Å²) in [6.45, 7) is 0. The van der Waals surface area contributed by atoms with Gasteiger partial charge < -0.3 is 10.0 Å². The van der Waals surface area contributed by atoms with Crippen LogP contribution in [0.5, 0.6) is 5.75 Å². The lowest BCUT2D eigenvalue weighted by Crippen LogP contribution is -2.07. The van der Waals surface area contributed by atoms with Gasteiger partial charge in [-0.15, -0.1) is 0 Å². The third-order valence-corrected chi connectivity index (χ3v) is 2.92. The third-order valence-electron chi connectivity index (χ3n) is 2.92. The van der Waals surface area contributed by atoms with Crippen molar-refractivity contribution in [2.75, 3.05) is 19.0 Å². The van der Waals surface area contributed by atoms with Crippen LogP contribution < -0.4 is 10.0 Å². The summed E-state index contributed by atoms with van der Waals surface area (Å²) in [6.07, 6.45) is 1.35. The largest absolute Gasteiger partial charge is 0.872 e. The molecule has 0 spiro atoms. The maximum atomic E-state index is 11.6. The van der Waals surface area contributed by atoms with E-state index in [1.165, 1.54) is 24.4 Å². The van der Waals surface area contributed by atoms with Gasteiger partial charge in [-0.25, -0.2) is 0 Å². The van der Waals surface area contributed by atoms with Crippen molar-refractivity contribution in [1.82, 2.24) is 0 Å². The Morgan fingerprint density at radius 2 is 1.81 bits per heavy atom. The summed E-state index contributed by atoms with van der Waals surface area (Å²) in [7, 11) is 3.87. The first-order valence-electron chi connectivity index (χ1n) is 6.24. The van der Waals surface area contributed by atoms with Gasteiger partial charge in [-0.05, 0) is 29.8 Å². The lowest BCUT2D eigenvalue weighted by atomic mass is 10.2. The van der Waals surface area contributed by atoms with Crippen molar-refractivity contribution < 1.29 is 10.0 Å². The van der Waals surface area contributed by atoms with Gasteiger partial charge in [0.25, 0.3) is 5.69 Å². The molecule has 6 nitrogen and oxygen atoms in total. The highest BCUT2D eigenvalue weighted by molar-refractivity contribution is 5.86. The minimum atomic E-state index is -0.539. The zero-order valence-corrected chi connectivity index (χ0v) is 11.7. The molecule has 2 aromatic carbocycles. The number of nitro groups is 1. The van der Waals surface area contributed by atoms with E-state index in [4.69, 9.17) is 0 Å². The molecule has 0 fully saturated rings. The minimum Gasteiger partial charge on any atom is -0.872 e. The molecule has 21 heavy (non-hydrogen) atoms. The van der Waals surface area contributed by atoms with Crippen LogP contribution in [0, 0.1) is 10.1 Å². The third kappa shape index (κ3) is 3.56. The average Bonchev–Trinajstić information content (AvgIpc) is 2.46. The normalized spacial score (nSPS) is 10.8. The molecule has 0 aromatic heterocycles. The maximum Gasteiger partial charge on any atom is 0.270 e. The van der Waals surface area contributed by atoms with E-state index in [0.29, 0.717) is 5.69 Å². The van der Waals surface area contributed by atoms with E-state index in [2.05, 4.69) is 4.99 Å². The number of hydrogen-bond acceptors (Lipinski definition) is 5. The van der Waals surface area contributed by atoms with Crippen LogP contribution in [0.25, 0.3) is 0 Å². The van der Waals surface area contributed by atoms with E-state index < -0.39 is 4.92 Å². The van der Waals surface area contributed by atoms with Crippen molar-refractivity contribution in [3.05, 3.63) is 58.1 Å². The van der Waals surface area contributed by atoms with Gasteiger partial charge in [0.05, 0.1) is 10.6 Å². The number of hydrogen-bond donors (Lipinski definition) is 0. The zero-order valence-electron chi connectivity index (χ0n) is 11.7. The van der Waals surface area contributed by atoms with Crippen LogP contribution in [-0.4, -0.2) is 25.2 Å². The van der Waals surface area contributed by atoms with Gasteiger partial charge in [0, 0.05) is 38.1 Å². The Balaban J connectivity index is 2.24. The number of anilines is 1. The van der Waals surface area contributed by atoms with Gasteiger partial charge in [-0.1, -0.05) is 11.8 Å². The van der Waals surface area contributed by atoms with E-state index in [9.17, 15) is 15.2 Å². The molecule has 0 amide bonds. The first kappa shape index (κ1) is 14.5. The Labute approximate surface area is 122 Å². The summed E-state index contributed by atoms with van der Waals surface area (Å²) < 4.78 is 0. The molecule has 0 aliphatic rings. The number of benzene rings is 2. The fourth-order valence-electron chi connectivity index (χ4n) is 1.73. The highest BCUT2D eigenvalue weighted by atomic mass is 16.6. The van der Waals surface area contributed by atoms with Crippen LogP contribution in [0.1, 0.15) is 5.56 Å². The standard InChI is InChI=1S/C15H15N3O3/c1-17(2)13-5-3-12(4-6-13)16-10-11-9-14(18(20)21)7-8-15(11)19/h3-10,19H,1-2H3/p-1. The molecule has 0 saturated heterocycles. The molecule has 0 unspecified atom stereocenters. The summed E-state index contributed by atoms with van der Waals surface area (Å²) in [5.74, 6) is -0.297. The molecule has 0 bridgehead atoms. The number of nitrogens with zero attached hydrogens (tertiary/aromatic N) is 3. The van der Waals surface area contributed by atoms with Crippen molar-refractivity contribution in [1.29, 1.82) is 0 Å². The smallest absolute Gasteiger partial charge is 0.270 e. The second-order valence-electron chi connectivity index (χ2n) is 4.65. The Morgan fingerprint density at radius 1 is 1.14 bits per heavy atom. The fourth-order valence-corrected chi connectivity index (χ4v) is 1.73. The van der Waals surface area contributed by atoms with Crippen molar-refractivity contribution in [3.63, 3.8) is 0 Å². The molecule has 0 saturated carbocycles. The molecule has 2 aromatic rings. The van der Waals surface area contributed by atoms with E-state index in [0.717, 1.165) is 5.69 Å². The van der Waals surface area contributed by atoms with Crippen LogP contribution in [0.4, 0.5) is 17.1 Å². The van der Waals surface area contributed by atoms with Crippen LogP contribution >= 0.6 is 0 Å². The Bertz CT molecular complexity index is 679. The lowest BCUT2D eigenvalue weighted by molar-refractivity contribution is -0.385. The number of non-ortho nitro benzene ring substituents is 1. The van der Waals surface area contributed by atoms with Gasteiger partial charge in [0.2, 0.25) is 0 Å². The summed E-state index contributed by atoms with van der Waals surface area (Å²) in [5, 5.41) is 22.3. The maximum absolute atomic E-state index is 11.6. The van der Waals surface area contributed by atoms with Crippen LogP contribution in [0.2, 0.25) is 0 Å². The van der Waals surface area contributed by atoms with Crippen molar-refractivity contribution in [2.45, 2.75) is 0 Å². The highest BCUT2D eigenvalue weighted by Crippen LogP contribution is 2.21. The van der Waals surface area contributed by atoms with Crippen molar-refractivity contribution >= 4 is 23.3 Å². The molecular weight excluding hydrogens is 270 g/mol. The summed E-state index contributed by atoms with van der Waals surface area (Å²) in [5.41, 5.74) is 1.78. The topological polar surface area (TPSA) is 81.8 Å². The zero-order chi connectivity index (χ0) is 15.4. The van der Waals surface area contributed by atoms with E-state index in [-0.39, 0.29) is 17.0 Å². The molecule has 0 N–H and O–H groups in total. The Hall–Kier alpha value is -2.89. The molecule has 6 heteroatoms. The molecule has 0 atom stereocenters. The predicted octanol–water partition coefficient (Wildman–Crippen LogP) is 2.49. The van der Waals surface area contributed by atoms with E-state index in [1.54, 1.807) is 0 Å². The summed E-state index contributed by atoms with van der Waals surface area (Å²) >= 11 is 0. The Morgan fingerprint density at radius 3 is 2.38 bits per heavy atom. The molecule has 0 aliphatic heterocycles. The lowest BCUT2D eigenvalue weighted by Gasteiger charge is -2.11.